The molecule has 1 rings (SSSR count). The molecule has 0 saturated carbocycles. The van der Waals surface area contributed by atoms with Crippen molar-refractivity contribution in [3.63, 3.8) is 0 Å². The first-order chi connectivity index (χ1) is 9.85. The normalized spacial score (nSPS) is 13.9. The molecule has 0 aromatic heterocycles. The van der Waals surface area contributed by atoms with Gasteiger partial charge in [0.15, 0.2) is 0 Å². The van der Waals surface area contributed by atoms with Crippen molar-refractivity contribution < 1.29 is 9.53 Å². The lowest BCUT2D eigenvalue weighted by Crippen LogP contribution is -2.31. The molecule has 1 amide bonds. The summed E-state index contributed by atoms with van der Waals surface area (Å²) in [7, 11) is 1.61. The van der Waals surface area contributed by atoms with Crippen molar-refractivity contribution in [3.05, 3.63) is 28.8 Å². The Morgan fingerprint density at radius 2 is 1.95 bits per heavy atom. The summed E-state index contributed by atoms with van der Waals surface area (Å²) in [5, 5.41) is 6.64. The number of hydrogen-bond donors (Lipinski definition) is 2. The smallest absolute Gasteiger partial charge is 0.252 e. The van der Waals surface area contributed by atoms with E-state index in [9.17, 15) is 4.79 Å². The molecule has 0 fully saturated rings. The highest BCUT2D eigenvalue weighted by Gasteiger charge is 2.13. The Bertz CT molecular complexity index is 477. The number of hydrogen-bond acceptors (Lipinski definition) is 3. The Morgan fingerprint density at radius 1 is 1.29 bits per heavy atom. The maximum absolute atomic E-state index is 12.2. The number of halogens is 1. The van der Waals surface area contributed by atoms with Gasteiger partial charge in [0, 0.05) is 25.4 Å². The third-order valence-electron chi connectivity index (χ3n) is 3.56. The summed E-state index contributed by atoms with van der Waals surface area (Å²) >= 11 is 6.12. The summed E-state index contributed by atoms with van der Waals surface area (Å²) in [5.74, 6) is 0.310. The number of methoxy groups -OCH3 is 1. The van der Waals surface area contributed by atoms with Crippen LogP contribution in [0.4, 0.5) is 5.69 Å². The van der Waals surface area contributed by atoms with Gasteiger partial charge in [0.1, 0.15) is 0 Å². The van der Waals surface area contributed by atoms with Crippen LogP contribution in [0, 0.1) is 5.92 Å². The van der Waals surface area contributed by atoms with Crippen LogP contribution in [-0.4, -0.2) is 31.7 Å². The summed E-state index contributed by atoms with van der Waals surface area (Å²) in [6.07, 6.45) is -0.0324. The fraction of sp³-hybridized carbons (Fsp3) is 0.562. The number of carbonyl (C=O) groups is 1. The number of ether oxygens (including phenoxy) is 1. The molecule has 2 atom stereocenters. The zero-order valence-electron chi connectivity index (χ0n) is 13.4. The lowest BCUT2D eigenvalue weighted by Gasteiger charge is -2.19. The van der Waals surface area contributed by atoms with E-state index in [2.05, 4.69) is 31.4 Å². The van der Waals surface area contributed by atoms with Gasteiger partial charge in [-0.05, 0) is 38.0 Å². The largest absolute Gasteiger partial charge is 0.382 e. The van der Waals surface area contributed by atoms with Gasteiger partial charge in [0.05, 0.1) is 16.7 Å². The molecule has 0 spiro atoms. The minimum absolute atomic E-state index is 0.0324. The zero-order chi connectivity index (χ0) is 16.0. The lowest BCUT2D eigenvalue weighted by molar-refractivity contribution is 0.0870. The van der Waals surface area contributed by atoms with Crippen LogP contribution >= 0.6 is 11.6 Å². The quantitative estimate of drug-likeness (QED) is 0.809. The first-order valence-corrected chi connectivity index (χ1v) is 7.60. The predicted molar refractivity (Wildman–Crippen MR) is 88.2 cm³/mol. The molecule has 0 aliphatic heterocycles. The van der Waals surface area contributed by atoms with Crippen molar-refractivity contribution in [1.82, 2.24) is 5.32 Å². The van der Waals surface area contributed by atoms with Crippen molar-refractivity contribution in [2.45, 2.75) is 39.8 Å². The Kier molecular flexibility index (Phi) is 6.99. The molecule has 0 bridgehead atoms. The van der Waals surface area contributed by atoms with Crippen LogP contribution in [0.2, 0.25) is 5.02 Å². The van der Waals surface area contributed by atoms with Crippen LogP contribution in [0.25, 0.3) is 0 Å². The number of carbonyl (C=O) groups excluding carboxylic acids is 1. The summed E-state index contributed by atoms with van der Waals surface area (Å²) in [6.45, 7) is 8.75. The molecular weight excluding hydrogens is 288 g/mol. The molecule has 118 valence electrons. The van der Waals surface area contributed by atoms with Crippen molar-refractivity contribution in [3.8, 4) is 0 Å². The maximum atomic E-state index is 12.2. The number of anilines is 1. The van der Waals surface area contributed by atoms with Gasteiger partial charge >= 0.3 is 0 Å². The number of rotatable bonds is 7. The van der Waals surface area contributed by atoms with E-state index >= 15 is 0 Å². The van der Waals surface area contributed by atoms with Crippen LogP contribution < -0.4 is 10.6 Å². The minimum Gasteiger partial charge on any atom is -0.382 e. The van der Waals surface area contributed by atoms with Crippen molar-refractivity contribution in [2.24, 2.45) is 5.92 Å². The summed E-state index contributed by atoms with van der Waals surface area (Å²) in [5.41, 5.74) is 1.37. The first kappa shape index (κ1) is 17.8. The molecular formula is C16H25ClN2O2. The molecule has 5 heteroatoms. The number of benzene rings is 1. The first-order valence-electron chi connectivity index (χ1n) is 7.22. The van der Waals surface area contributed by atoms with Crippen molar-refractivity contribution in [1.29, 1.82) is 0 Å². The molecule has 4 nitrogen and oxygen atoms in total. The van der Waals surface area contributed by atoms with E-state index in [-0.39, 0.29) is 12.0 Å². The topological polar surface area (TPSA) is 50.4 Å². The van der Waals surface area contributed by atoms with Crippen LogP contribution in [0.5, 0.6) is 0 Å². The van der Waals surface area contributed by atoms with E-state index < -0.39 is 0 Å². The van der Waals surface area contributed by atoms with E-state index in [0.717, 1.165) is 5.69 Å². The average Bonchev–Trinajstić information content (AvgIpc) is 2.46. The van der Waals surface area contributed by atoms with Gasteiger partial charge in [-0.2, -0.15) is 0 Å². The Hall–Kier alpha value is -1.26. The van der Waals surface area contributed by atoms with E-state index in [1.165, 1.54) is 0 Å². The molecule has 1 aromatic carbocycles. The molecule has 0 radical (unpaired) electrons. The number of amides is 1. The van der Waals surface area contributed by atoms with E-state index in [1.807, 2.05) is 13.0 Å². The van der Waals surface area contributed by atoms with Crippen LogP contribution in [-0.2, 0) is 4.74 Å². The average molecular weight is 313 g/mol. The third kappa shape index (κ3) is 5.56. The van der Waals surface area contributed by atoms with Gasteiger partial charge in [0.2, 0.25) is 0 Å². The fourth-order valence-corrected chi connectivity index (χ4v) is 1.84. The molecule has 21 heavy (non-hydrogen) atoms. The van der Waals surface area contributed by atoms with Crippen LogP contribution in [0.15, 0.2) is 18.2 Å². The standard InChI is InChI=1S/C16H25ClN2O2/c1-10(2)12(4)19-13-6-7-15(17)14(8-13)16(20)18-9-11(3)21-5/h6-8,10-12,19H,9H2,1-5H3,(H,18,20)/t11-,12+/m1/s1. The molecule has 0 saturated heterocycles. The second-order valence-electron chi connectivity index (χ2n) is 5.63. The van der Waals surface area contributed by atoms with E-state index in [0.29, 0.717) is 29.1 Å². The molecule has 0 heterocycles. The van der Waals surface area contributed by atoms with Crippen molar-refractivity contribution in [2.75, 3.05) is 19.0 Å². The van der Waals surface area contributed by atoms with E-state index in [1.54, 1.807) is 19.2 Å². The minimum atomic E-state index is -0.190. The van der Waals surface area contributed by atoms with Gasteiger partial charge in [-0.15, -0.1) is 0 Å². The van der Waals surface area contributed by atoms with Gasteiger partial charge in [-0.3, -0.25) is 4.79 Å². The molecule has 1 aromatic rings. The summed E-state index contributed by atoms with van der Waals surface area (Å²) in [6, 6.07) is 5.73. The summed E-state index contributed by atoms with van der Waals surface area (Å²) in [4.78, 5) is 12.2. The van der Waals surface area contributed by atoms with Gasteiger partial charge < -0.3 is 15.4 Å². The van der Waals surface area contributed by atoms with Gasteiger partial charge in [-0.1, -0.05) is 25.4 Å². The summed E-state index contributed by atoms with van der Waals surface area (Å²) < 4.78 is 5.11. The Balaban J connectivity index is 2.79. The molecule has 0 unspecified atom stereocenters. The van der Waals surface area contributed by atoms with Gasteiger partial charge in [-0.25, -0.2) is 0 Å². The second-order valence-corrected chi connectivity index (χ2v) is 6.04. The predicted octanol–water partition coefficient (Wildman–Crippen LogP) is 3.56. The second kappa shape index (κ2) is 8.25. The highest BCUT2D eigenvalue weighted by atomic mass is 35.5. The molecule has 2 N–H and O–H groups in total. The SMILES string of the molecule is CO[C@H](C)CNC(=O)c1cc(N[C@@H](C)C(C)C)ccc1Cl. The zero-order valence-corrected chi connectivity index (χ0v) is 14.1. The highest BCUT2D eigenvalue weighted by molar-refractivity contribution is 6.34. The van der Waals surface area contributed by atoms with Crippen LogP contribution in [0.1, 0.15) is 38.1 Å². The van der Waals surface area contributed by atoms with Gasteiger partial charge in [0.25, 0.3) is 5.91 Å². The lowest BCUT2D eigenvalue weighted by atomic mass is 10.1. The third-order valence-corrected chi connectivity index (χ3v) is 3.89. The Morgan fingerprint density at radius 3 is 2.52 bits per heavy atom. The van der Waals surface area contributed by atoms with E-state index in [4.69, 9.17) is 16.3 Å². The van der Waals surface area contributed by atoms with Crippen LogP contribution in [0.3, 0.4) is 0 Å². The fourth-order valence-electron chi connectivity index (χ4n) is 1.63. The molecule has 0 aliphatic rings. The number of nitrogens with one attached hydrogen (secondary N) is 2. The maximum Gasteiger partial charge on any atom is 0.252 e. The Labute approximate surface area is 132 Å². The molecule has 0 aliphatic carbocycles. The highest BCUT2D eigenvalue weighted by Crippen LogP contribution is 2.22. The van der Waals surface area contributed by atoms with Crippen molar-refractivity contribution >= 4 is 23.2 Å². The monoisotopic (exact) mass is 312 g/mol.